The second-order valence-electron chi connectivity index (χ2n) is 7.82. The van der Waals surface area contributed by atoms with E-state index in [-0.39, 0.29) is 23.7 Å². The van der Waals surface area contributed by atoms with E-state index in [0.29, 0.717) is 11.9 Å². The smallest absolute Gasteiger partial charge is 0.315 e. The number of carbonyl (C=O) groups is 1. The van der Waals surface area contributed by atoms with E-state index < -0.39 is 4.92 Å². The van der Waals surface area contributed by atoms with Crippen molar-refractivity contribution < 1.29 is 19.2 Å². The second kappa shape index (κ2) is 9.64. The minimum absolute atomic E-state index is 0.0349. The van der Waals surface area contributed by atoms with Crippen molar-refractivity contribution in [2.24, 2.45) is 0 Å². The van der Waals surface area contributed by atoms with Crippen molar-refractivity contribution in [3.05, 3.63) is 57.7 Å². The fourth-order valence-corrected chi connectivity index (χ4v) is 2.91. The minimum atomic E-state index is -0.492. The number of nitro groups is 1. The topological polar surface area (TPSA) is 82.0 Å². The minimum Gasteiger partial charge on any atom is -0.426 e. The Kier molecular flexibility index (Phi) is 7.52. The Balaban J connectivity index is 1.67. The summed E-state index contributed by atoms with van der Waals surface area (Å²) in [5.41, 5.74) is 2.53. The Morgan fingerprint density at radius 1 is 1.18 bits per heavy atom. The quantitative estimate of drug-likeness (QED) is 0.132. The molecule has 1 atom stereocenters. The number of allylic oxidation sites excluding steroid dienone is 3. The van der Waals surface area contributed by atoms with Crippen molar-refractivity contribution in [1.82, 2.24) is 0 Å². The predicted octanol–water partition coefficient (Wildman–Crippen LogP) is 5.52. The lowest BCUT2D eigenvalue weighted by Crippen LogP contribution is -2.06. The van der Waals surface area contributed by atoms with E-state index in [0.717, 1.165) is 31.3 Å². The zero-order valence-electron chi connectivity index (χ0n) is 17.1. The number of carbonyl (C=O) groups excluding carboxylic acids is 1. The number of non-ortho nitro benzene ring substituents is 1. The van der Waals surface area contributed by atoms with Crippen molar-refractivity contribution in [1.29, 1.82) is 0 Å². The van der Waals surface area contributed by atoms with Gasteiger partial charge in [0.15, 0.2) is 0 Å². The molecule has 0 saturated carbocycles. The van der Waals surface area contributed by atoms with Crippen LogP contribution >= 0.6 is 0 Å². The first-order valence-corrected chi connectivity index (χ1v) is 9.61. The van der Waals surface area contributed by atoms with Gasteiger partial charge in [0.05, 0.1) is 23.0 Å². The SMILES string of the molecule is C/C(=C\CC(=O)Oc1ccc([N+](=O)[O-])cc1)CC/C=C(\C)CC[C@H]1OC1(C)C. The highest BCUT2D eigenvalue weighted by Crippen LogP contribution is 2.38. The van der Waals surface area contributed by atoms with Crippen LogP contribution in [0.3, 0.4) is 0 Å². The summed E-state index contributed by atoms with van der Waals surface area (Å²) in [7, 11) is 0. The number of nitrogens with zero attached hydrogens (tertiary/aromatic N) is 1. The number of rotatable bonds is 10. The lowest BCUT2D eigenvalue weighted by molar-refractivity contribution is -0.384. The molecule has 152 valence electrons. The van der Waals surface area contributed by atoms with Crippen LogP contribution in [-0.4, -0.2) is 22.6 Å². The highest BCUT2D eigenvalue weighted by atomic mass is 16.6. The molecule has 0 aliphatic carbocycles. The molecular weight excluding hydrogens is 358 g/mol. The highest BCUT2D eigenvalue weighted by molar-refractivity contribution is 5.74. The van der Waals surface area contributed by atoms with Crippen LogP contribution in [0.25, 0.3) is 0 Å². The van der Waals surface area contributed by atoms with Gasteiger partial charge in [0.2, 0.25) is 0 Å². The van der Waals surface area contributed by atoms with Crippen LogP contribution in [0.5, 0.6) is 5.75 Å². The Morgan fingerprint density at radius 2 is 1.79 bits per heavy atom. The molecule has 0 aromatic heterocycles. The summed E-state index contributed by atoms with van der Waals surface area (Å²) in [6.45, 7) is 8.40. The van der Waals surface area contributed by atoms with E-state index in [1.165, 1.54) is 29.8 Å². The van der Waals surface area contributed by atoms with Gasteiger partial charge < -0.3 is 9.47 Å². The standard InChI is InChI=1S/C22H29NO5/c1-16(8-14-20-22(3,4)28-20)6-5-7-17(2)9-15-21(24)27-19-12-10-18(11-13-19)23(25)26/h6,9-13,20H,5,7-8,14-15H2,1-4H3/b16-6+,17-9+/t20-/m1/s1. The molecule has 0 amide bonds. The van der Waals surface area contributed by atoms with Gasteiger partial charge in [0.25, 0.3) is 5.69 Å². The fourth-order valence-electron chi connectivity index (χ4n) is 2.91. The fraction of sp³-hybridized carbons (Fsp3) is 0.500. The number of esters is 1. The lowest BCUT2D eigenvalue weighted by Gasteiger charge is -2.04. The molecule has 6 heteroatoms. The largest absolute Gasteiger partial charge is 0.426 e. The Labute approximate surface area is 166 Å². The van der Waals surface area contributed by atoms with Gasteiger partial charge in [0, 0.05) is 12.1 Å². The lowest BCUT2D eigenvalue weighted by atomic mass is 10.0. The van der Waals surface area contributed by atoms with E-state index in [1.54, 1.807) is 0 Å². The summed E-state index contributed by atoms with van der Waals surface area (Å²) in [4.78, 5) is 22.0. The number of epoxide rings is 1. The molecule has 0 spiro atoms. The third-order valence-corrected chi connectivity index (χ3v) is 4.89. The average molecular weight is 387 g/mol. The molecule has 0 radical (unpaired) electrons. The number of hydrogen-bond acceptors (Lipinski definition) is 5. The van der Waals surface area contributed by atoms with Crippen LogP contribution in [-0.2, 0) is 9.53 Å². The summed E-state index contributed by atoms with van der Waals surface area (Å²) in [5, 5.41) is 10.6. The Morgan fingerprint density at radius 3 is 2.36 bits per heavy atom. The van der Waals surface area contributed by atoms with Crippen LogP contribution in [0.4, 0.5) is 5.69 Å². The normalized spacial score (nSPS) is 18.6. The third kappa shape index (κ3) is 7.27. The second-order valence-corrected chi connectivity index (χ2v) is 7.82. The molecule has 28 heavy (non-hydrogen) atoms. The van der Waals surface area contributed by atoms with Crippen LogP contribution in [0, 0.1) is 10.1 Å². The molecule has 6 nitrogen and oxygen atoms in total. The zero-order valence-corrected chi connectivity index (χ0v) is 17.1. The molecule has 1 aromatic rings. The molecule has 1 fully saturated rings. The van der Waals surface area contributed by atoms with Crippen LogP contribution < -0.4 is 4.74 Å². The van der Waals surface area contributed by atoms with Crippen molar-refractivity contribution in [2.75, 3.05) is 0 Å². The maximum absolute atomic E-state index is 11.9. The Hall–Kier alpha value is -2.47. The number of ether oxygens (including phenoxy) is 2. The summed E-state index contributed by atoms with van der Waals surface area (Å²) >= 11 is 0. The molecule has 1 saturated heterocycles. The van der Waals surface area contributed by atoms with Gasteiger partial charge >= 0.3 is 5.97 Å². The van der Waals surface area contributed by atoms with Gasteiger partial charge in [-0.25, -0.2) is 0 Å². The molecule has 2 rings (SSSR count). The summed E-state index contributed by atoms with van der Waals surface area (Å²) < 4.78 is 10.8. The van der Waals surface area contributed by atoms with Crippen LogP contribution in [0.1, 0.15) is 59.8 Å². The van der Waals surface area contributed by atoms with Gasteiger partial charge in [-0.15, -0.1) is 0 Å². The number of nitro benzene ring substituents is 1. The molecule has 1 aliphatic rings. The van der Waals surface area contributed by atoms with Gasteiger partial charge in [-0.3, -0.25) is 14.9 Å². The monoisotopic (exact) mass is 387 g/mol. The van der Waals surface area contributed by atoms with Crippen molar-refractivity contribution >= 4 is 11.7 Å². The summed E-state index contributed by atoms with van der Waals surface area (Å²) in [6.07, 6.45) is 8.66. The van der Waals surface area contributed by atoms with E-state index in [9.17, 15) is 14.9 Å². The molecule has 0 bridgehead atoms. The zero-order chi connectivity index (χ0) is 20.7. The van der Waals surface area contributed by atoms with Crippen molar-refractivity contribution in [3.63, 3.8) is 0 Å². The molecule has 0 N–H and O–H groups in total. The van der Waals surface area contributed by atoms with Crippen LogP contribution in [0.15, 0.2) is 47.6 Å². The highest BCUT2D eigenvalue weighted by Gasteiger charge is 2.46. The van der Waals surface area contributed by atoms with E-state index in [1.807, 2.05) is 13.0 Å². The molecule has 1 aromatic carbocycles. The first-order chi connectivity index (χ1) is 13.2. The molecule has 0 unspecified atom stereocenters. The predicted molar refractivity (Wildman–Crippen MR) is 108 cm³/mol. The van der Waals surface area contributed by atoms with E-state index >= 15 is 0 Å². The molecular formula is C22H29NO5. The maximum atomic E-state index is 11.9. The third-order valence-electron chi connectivity index (χ3n) is 4.89. The Bertz CT molecular complexity index is 762. The molecule has 1 aliphatic heterocycles. The van der Waals surface area contributed by atoms with E-state index in [4.69, 9.17) is 9.47 Å². The van der Waals surface area contributed by atoms with Gasteiger partial charge in [-0.2, -0.15) is 0 Å². The number of hydrogen-bond donors (Lipinski definition) is 0. The van der Waals surface area contributed by atoms with Crippen molar-refractivity contribution in [3.8, 4) is 5.75 Å². The van der Waals surface area contributed by atoms with Crippen molar-refractivity contribution in [2.45, 2.75) is 71.5 Å². The van der Waals surface area contributed by atoms with Gasteiger partial charge in [0.1, 0.15) is 5.75 Å². The van der Waals surface area contributed by atoms with Gasteiger partial charge in [-0.05, 0) is 65.5 Å². The van der Waals surface area contributed by atoms with Gasteiger partial charge in [-0.1, -0.05) is 23.3 Å². The van der Waals surface area contributed by atoms with Crippen LogP contribution in [0.2, 0.25) is 0 Å². The summed E-state index contributed by atoms with van der Waals surface area (Å²) in [5.74, 6) is -0.0741. The first-order valence-electron chi connectivity index (χ1n) is 9.61. The summed E-state index contributed by atoms with van der Waals surface area (Å²) in [6, 6.07) is 5.48. The average Bonchev–Trinajstić information content (AvgIpc) is 3.25. The molecule has 1 heterocycles. The maximum Gasteiger partial charge on any atom is 0.315 e. The first kappa shape index (κ1) is 21.8. The number of benzene rings is 1. The van der Waals surface area contributed by atoms with E-state index in [2.05, 4.69) is 26.8 Å².